The van der Waals surface area contributed by atoms with Gasteiger partial charge in [0.25, 0.3) is 0 Å². The Hall–Kier alpha value is -3.02. The molecule has 0 saturated carbocycles. The number of allylic oxidation sites excluding steroid dienone is 2. The van der Waals surface area contributed by atoms with E-state index in [4.69, 9.17) is 32.7 Å². The summed E-state index contributed by atoms with van der Waals surface area (Å²) in [5, 5.41) is 15.0. The fourth-order valence-corrected chi connectivity index (χ4v) is 6.15. The molecule has 0 spiro atoms. The molecule has 3 aliphatic rings. The predicted octanol–water partition coefficient (Wildman–Crippen LogP) is 4.50. The molecule has 2 heterocycles. The Bertz CT molecular complexity index is 1470. The summed E-state index contributed by atoms with van der Waals surface area (Å²) in [5.74, 6) is 0.930. The van der Waals surface area contributed by atoms with Crippen molar-refractivity contribution in [2.75, 3.05) is 25.4 Å². The Morgan fingerprint density at radius 3 is 2.56 bits per heavy atom. The fraction of sp³-hybridized carbons (Fsp3) is 0.345. The van der Waals surface area contributed by atoms with E-state index >= 15 is 0 Å². The van der Waals surface area contributed by atoms with E-state index in [1.165, 1.54) is 12.5 Å². The molecule has 218 valence electrons. The molecule has 0 bridgehead atoms. The van der Waals surface area contributed by atoms with Gasteiger partial charge in [0.2, 0.25) is 10.0 Å². The van der Waals surface area contributed by atoms with Crippen LogP contribution in [0.3, 0.4) is 0 Å². The highest BCUT2D eigenvalue weighted by Gasteiger charge is 2.43. The van der Waals surface area contributed by atoms with E-state index in [0.29, 0.717) is 34.5 Å². The summed E-state index contributed by atoms with van der Waals surface area (Å²) in [6.45, 7) is 1.75. The molecule has 0 fully saturated rings. The molecule has 4 atom stereocenters. The van der Waals surface area contributed by atoms with E-state index in [1.807, 2.05) is 30.4 Å². The fourth-order valence-electron chi connectivity index (χ4n) is 5.16. The van der Waals surface area contributed by atoms with Crippen LogP contribution in [0.2, 0.25) is 5.02 Å². The lowest BCUT2D eigenvalue weighted by Crippen LogP contribution is -2.43. The lowest BCUT2D eigenvalue weighted by molar-refractivity contribution is 0.111. The quantitative estimate of drug-likeness (QED) is 0.378. The first kappa shape index (κ1) is 29.5. The first-order valence-corrected chi connectivity index (χ1v) is 15.7. The largest absolute Gasteiger partial charge is 0.491 e. The molecule has 0 saturated heterocycles. The van der Waals surface area contributed by atoms with Crippen LogP contribution in [-0.2, 0) is 10.0 Å². The molecule has 3 N–H and O–H groups in total. The number of rotatable bonds is 9. The Kier molecular flexibility index (Phi) is 8.96. The minimum atomic E-state index is -3.41. The van der Waals surface area contributed by atoms with Gasteiger partial charge >= 0.3 is 6.09 Å². The van der Waals surface area contributed by atoms with Crippen molar-refractivity contribution < 1.29 is 27.8 Å². The van der Waals surface area contributed by atoms with E-state index in [-0.39, 0.29) is 30.9 Å². The van der Waals surface area contributed by atoms with Gasteiger partial charge in [0.05, 0.1) is 11.8 Å². The minimum Gasteiger partial charge on any atom is -0.491 e. The molecule has 0 radical (unpaired) electrons. The van der Waals surface area contributed by atoms with Crippen molar-refractivity contribution in [3.63, 3.8) is 0 Å². The number of ether oxygens (including phenoxy) is 2. The number of hydrogen-bond donors (Lipinski definition) is 3. The summed E-state index contributed by atoms with van der Waals surface area (Å²) in [6.07, 6.45) is 5.14. The van der Waals surface area contributed by atoms with Crippen LogP contribution in [0.1, 0.15) is 24.9 Å². The normalized spacial score (nSPS) is 22.4. The molecule has 2 aromatic rings. The Labute approximate surface area is 249 Å². The highest BCUT2D eigenvalue weighted by molar-refractivity contribution is 7.89. The zero-order valence-electron chi connectivity index (χ0n) is 22.3. The van der Waals surface area contributed by atoms with Gasteiger partial charge in [-0.25, -0.2) is 17.9 Å². The van der Waals surface area contributed by atoms with Gasteiger partial charge in [-0.15, -0.1) is 0 Å². The van der Waals surface area contributed by atoms with Gasteiger partial charge in [0, 0.05) is 34.8 Å². The topological polar surface area (TPSA) is 117 Å². The van der Waals surface area contributed by atoms with E-state index in [0.717, 1.165) is 11.3 Å². The minimum absolute atomic E-state index is 0.0476. The number of fused-ring (bicyclic) bond motifs is 2. The van der Waals surface area contributed by atoms with Crippen LogP contribution in [-0.4, -0.2) is 62.1 Å². The van der Waals surface area contributed by atoms with Gasteiger partial charge < -0.3 is 19.9 Å². The molecule has 0 aromatic heterocycles. The summed E-state index contributed by atoms with van der Waals surface area (Å²) in [5.41, 5.74) is 2.99. The third-order valence-electron chi connectivity index (χ3n) is 7.28. The highest BCUT2D eigenvalue weighted by Crippen LogP contribution is 2.45. The summed E-state index contributed by atoms with van der Waals surface area (Å²) < 4.78 is 37.0. The number of hydrogen-bond acceptors (Lipinski definition) is 7. The van der Waals surface area contributed by atoms with Gasteiger partial charge in [-0.3, -0.25) is 4.90 Å². The van der Waals surface area contributed by atoms with Crippen LogP contribution < -0.4 is 19.5 Å². The van der Waals surface area contributed by atoms with Crippen LogP contribution in [0.15, 0.2) is 83.1 Å². The second-order valence-electron chi connectivity index (χ2n) is 10.00. The average molecular weight is 621 g/mol. The zero-order valence-corrected chi connectivity index (χ0v) is 24.6. The van der Waals surface area contributed by atoms with E-state index in [2.05, 4.69) is 10.0 Å². The van der Waals surface area contributed by atoms with Crippen molar-refractivity contribution in [2.24, 2.45) is 5.92 Å². The van der Waals surface area contributed by atoms with Crippen molar-refractivity contribution >= 4 is 39.3 Å². The van der Waals surface area contributed by atoms with E-state index < -0.39 is 28.3 Å². The molecule has 2 aromatic carbocycles. The van der Waals surface area contributed by atoms with E-state index in [1.54, 1.807) is 41.3 Å². The van der Waals surface area contributed by atoms with Gasteiger partial charge in [-0.1, -0.05) is 47.5 Å². The Morgan fingerprint density at radius 1 is 1.15 bits per heavy atom. The number of nitrogens with one attached hydrogen (secondary N) is 2. The van der Waals surface area contributed by atoms with Crippen molar-refractivity contribution in [2.45, 2.75) is 31.5 Å². The molecule has 2 aliphatic heterocycles. The lowest BCUT2D eigenvalue weighted by atomic mass is 9.85. The summed E-state index contributed by atoms with van der Waals surface area (Å²) in [6, 6.07) is 13.5. The molecule has 4 unspecified atom stereocenters. The number of nitrogens with zero attached hydrogens (tertiary/aromatic N) is 1. The Balaban J connectivity index is 1.35. The van der Waals surface area contributed by atoms with Gasteiger partial charge in [0.1, 0.15) is 30.3 Å². The molecular weight excluding hydrogens is 589 g/mol. The summed E-state index contributed by atoms with van der Waals surface area (Å²) >= 11 is 12.3. The van der Waals surface area contributed by atoms with Crippen molar-refractivity contribution in [3.05, 3.63) is 93.6 Å². The first-order valence-electron chi connectivity index (χ1n) is 13.3. The zero-order chi connectivity index (χ0) is 29.1. The second-order valence-corrected chi connectivity index (χ2v) is 13.0. The molecule has 1 aliphatic carbocycles. The third kappa shape index (κ3) is 6.90. The van der Waals surface area contributed by atoms with Crippen LogP contribution in [0.5, 0.6) is 11.5 Å². The van der Waals surface area contributed by atoms with Crippen molar-refractivity contribution in [1.82, 2.24) is 14.9 Å². The van der Waals surface area contributed by atoms with Crippen LogP contribution >= 0.6 is 23.2 Å². The number of benzene rings is 2. The number of sulfonamides is 1. The third-order valence-corrected chi connectivity index (χ3v) is 9.15. The maximum atomic E-state index is 13.5. The Morgan fingerprint density at radius 2 is 1.85 bits per heavy atom. The summed E-state index contributed by atoms with van der Waals surface area (Å²) in [7, 11) is -3.41. The van der Waals surface area contributed by atoms with Crippen molar-refractivity contribution in [3.8, 4) is 11.5 Å². The number of halogens is 2. The molecule has 9 nitrogen and oxygen atoms in total. The monoisotopic (exact) mass is 619 g/mol. The van der Waals surface area contributed by atoms with Crippen LogP contribution in [0.25, 0.3) is 0 Å². The predicted molar refractivity (Wildman–Crippen MR) is 157 cm³/mol. The maximum Gasteiger partial charge on any atom is 0.416 e. The maximum absolute atomic E-state index is 13.5. The molecule has 1 amide bonds. The second kappa shape index (κ2) is 12.5. The highest BCUT2D eigenvalue weighted by atomic mass is 35.5. The smallest absolute Gasteiger partial charge is 0.416 e. The number of carbonyl (C=O) groups is 1. The molecule has 41 heavy (non-hydrogen) atoms. The SMILES string of the molecule is CCS(=O)(=O)NCC(O)COc1ccc(C2C3=C(CCN2C(=O)Oc2ccc(Cl)cc2)C2C=C(Cl)C=CC2N3)cc1. The van der Waals surface area contributed by atoms with Gasteiger partial charge in [-0.2, -0.15) is 0 Å². The number of aliphatic hydroxyl groups excluding tert-OH is 1. The average Bonchev–Trinajstić information content (AvgIpc) is 3.34. The van der Waals surface area contributed by atoms with E-state index in [9.17, 15) is 18.3 Å². The number of amides is 1. The molecule has 5 rings (SSSR count). The lowest BCUT2D eigenvalue weighted by Gasteiger charge is -2.37. The van der Waals surface area contributed by atoms with Crippen LogP contribution in [0.4, 0.5) is 4.79 Å². The summed E-state index contributed by atoms with van der Waals surface area (Å²) in [4.78, 5) is 15.2. The number of carbonyl (C=O) groups excluding carboxylic acids is 1. The molecular formula is C29H31Cl2N3O6S. The molecule has 12 heteroatoms. The van der Waals surface area contributed by atoms with Gasteiger partial charge in [0.15, 0.2) is 0 Å². The van der Waals surface area contributed by atoms with Crippen molar-refractivity contribution in [1.29, 1.82) is 0 Å². The number of aliphatic hydroxyl groups is 1. The van der Waals surface area contributed by atoms with Crippen LogP contribution in [0, 0.1) is 5.92 Å². The first-order chi connectivity index (χ1) is 19.6. The van der Waals surface area contributed by atoms with Gasteiger partial charge in [-0.05, 0) is 67.0 Å². The standard InChI is InChI=1S/C29H31Cl2N3O6S/c1-2-41(37,38)32-16-21(35)17-39-22-8-3-18(4-9-22)28-27-24(25-15-20(31)7-12-26(25)33-27)13-14-34(28)29(36)40-23-10-5-19(30)6-11-23/h3-12,15,21,25-26,28,32-33,35H,2,13-14,16-17H2,1H3.